The fraction of sp³-hybridized carbons (Fsp3) is 0.167. The lowest BCUT2D eigenvalue weighted by Crippen LogP contribution is -2.24. The van der Waals surface area contributed by atoms with Gasteiger partial charge in [-0.25, -0.2) is 4.98 Å². The lowest BCUT2D eigenvalue weighted by atomic mass is 10.1. The second-order valence-corrected chi connectivity index (χ2v) is 6.09. The SMILES string of the molecule is COc1ccc(CC(=O)NCc2nc(-c3ccccn3)cs2)cc1. The summed E-state index contributed by atoms with van der Waals surface area (Å²) in [6.45, 7) is 0.423. The van der Waals surface area contributed by atoms with Crippen LogP contribution >= 0.6 is 11.3 Å². The van der Waals surface area contributed by atoms with E-state index in [1.807, 2.05) is 47.8 Å². The van der Waals surface area contributed by atoms with Gasteiger partial charge in [0.15, 0.2) is 0 Å². The number of thiazole rings is 1. The number of nitrogens with one attached hydrogen (secondary N) is 1. The largest absolute Gasteiger partial charge is 0.497 e. The second kappa shape index (κ2) is 7.70. The van der Waals surface area contributed by atoms with E-state index in [2.05, 4.69) is 15.3 Å². The molecule has 1 amide bonds. The molecule has 0 saturated heterocycles. The molecule has 0 saturated carbocycles. The van der Waals surface area contributed by atoms with E-state index >= 15 is 0 Å². The quantitative estimate of drug-likeness (QED) is 0.750. The highest BCUT2D eigenvalue weighted by Gasteiger charge is 2.08. The molecule has 2 heterocycles. The predicted molar refractivity (Wildman–Crippen MR) is 93.9 cm³/mol. The second-order valence-electron chi connectivity index (χ2n) is 5.14. The average molecular weight is 339 g/mol. The number of nitrogens with zero attached hydrogens (tertiary/aromatic N) is 2. The van der Waals surface area contributed by atoms with Gasteiger partial charge in [0.2, 0.25) is 5.91 Å². The van der Waals surface area contributed by atoms with Gasteiger partial charge in [-0.15, -0.1) is 11.3 Å². The van der Waals surface area contributed by atoms with E-state index in [1.165, 1.54) is 11.3 Å². The zero-order chi connectivity index (χ0) is 16.8. The fourth-order valence-electron chi connectivity index (χ4n) is 2.19. The number of benzene rings is 1. The molecular formula is C18H17N3O2S. The number of hydrogen-bond donors (Lipinski definition) is 1. The van der Waals surface area contributed by atoms with E-state index in [1.54, 1.807) is 13.3 Å². The van der Waals surface area contributed by atoms with Crippen molar-refractivity contribution >= 4 is 17.2 Å². The Morgan fingerprint density at radius 1 is 1.17 bits per heavy atom. The molecule has 0 fully saturated rings. The normalized spacial score (nSPS) is 10.4. The van der Waals surface area contributed by atoms with Crippen LogP contribution in [0.15, 0.2) is 54.0 Å². The third-order valence-corrected chi connectivity index (χ3v) is 4.29. The van der Waals surface area contributed by atoms with Crippen molar-refractivity contribution in [3.05, 3.63) is 64.6 Å². The number of aromatic nitrogens is 2. The zero-order valence-corrected chi connectivity index (χ0v) is 14.0. The molecule has 0 aliphatic carbocycles. The number of methoxy groups -OCH3 is 1. The summed E-state index contributed by atoms with van der Waals surface area (Å²) in [6.07, 6.45) is 2.08. The number of hydrogen-bond acceptors (Lipinski definition) is 5. The number of pyridine rings is 1. The summed E-state index contributed by atoms with van der Waals surface area (Å²) >= 11 is 1.52. The third kappa shape index (κ3) is 4.17. The maximum atomic E-state index is 12.0. The smallest absolute Gasteiger partial charge is 0.224 e. The number of carbonyl (C=O) groups is 1. The predicted octanol–water partition coefficient (Wildman–Crippen LogP) is 3.07. The highest BCUT2D eigenvalue weighted by Crippen LogP contribution is 2.19. The molecule has 0 aliphatic heterocycles. The van der Waals surface area contributed by atoms with Crippen LogP contribution in [0.25, 0.3) is 11.4 Å². The van der Waals surface area contributed by atoms with E-state index in [-0.39, 0.29) is 5.91 Å². The molecule has 1 N–H and O–H groups in total. The van der Waals surface area contributed by atoms with Crippen LogP contribution in [-0.2, 0) is 17.8 Å². The third-order valence-electron chi connectivity index (χ3n) is 3.44. The molecule has 0 spiro atoms. The molecule has 0 radical (unpaired) electrons. The molecule has 122 valence electrons. The lowest BCUT2D eigenvalue weighted by molar-refractivity contribution is -0.120. The summed E-state index contributed by atoms with van der Waals surface area (Å²) in [4.78, 5) is 20.8. The molecule has 0 unspecified atom stereocenters. The fourth-order valence-corrected chi connectivity index (χ4v) is 2.92. The van der Waals surface area contributed by atoms with Crippen molar-refractivity contribution in [3.8, 4) is 17.1 Å². The highest BCUT2D eigenvalue weighted by molar-refractivity contribution is 7.09. The molecular weight excluding hydrogens is 322 g/mol. The molecule has 0 atom stereocenters. The van der Waals surface area contributed by atoms with E-state index in [0.29, 0.717) is 13.0 Å². The first-order chi connectivity index (χ1) is 11.7. The first kappa shape index (κ1) is 16.1. The van der Waals surface area contributed by atoms with Gasteiger partial charge in [-0.3, -0.25) is 9.78 Å². The standard InChI is InChI=1S/C18H17N3O2S/c1-23-14-7-5-13(6-8-14)10-17(22)20-11-18-21-16(12-24-18)15-4-2-3-9-19-15/h2-9,12H,10-11H2,1H3,(H,20,22). The molecule has 0 bridgehead atoms. The first-order valence-corrected chi connectivity index (χ1v) is 8.38. The Balaban J connectivity index is 1.53. The van der Waals surface area contributed by atoms with Crippen molar-refractivity contribution in [1.82, 2.24) is 15.3 Å². The molecule has 6 heteroatoms. The van der Waals surface area contributed by atoms with Crippen molar-refractivity contribution in [3.63, 3.8) is 0 Å². The maximum Gasteiger partial charge on any atom is 0.224 e. The van der Waals surface area contributed by atoms with E-state index in [9.17, 15) is 4.79 Å². The Hall–Kier alpha value is -2.73. The van der Waals surface area contributed by atoms with Gasteiger partial charge in [0, 0.05) is 11.6 Å². The van der Waals surface area contributed by atoms with Gasteiger partial charge in [-0.1, -0.05) is 18.2 Å². The lowest BCUT2D eigenvalue weighted by Gasteiger charge is -2.04. The Morgan fingerprint density at radius 3 is 2.71 bits per heavy atom. The number of ether oxygens (including phenoxy) is 1. The van der Waals surface area contributed by atoms with Crippen LogP contribution in [0, 0.1) is 0 Å². The Bertz CT molecular complexity index is 801. The monoisotopic (exact) mass is 339 g/mol. The summed E-state index contributed by atoms with van der Waals surface area (Å²) < 4.78 is 5.11. The van der Waals surface area contributed by atoms with Crippen molar-refractivity contribution in [2.24, 2.45) is 0 Å². The van der Waals surface area contributed by atoms with Gasteiger partial charge >= 0.3 is 0 Å². The minimum atomic E-state index is -0.0326. The van der Waals surface area contributed by atoms with Gasteiger partial charge in [-0.05, 0) is 29.8 Å². The van der Waals surface area contributed by atoms with Crippen LogP contribution in [0.2, 0.25) is 0 Å². The van der Waals surface area contributed by atoms with Crippen LogP contribution in [-0.4, -0.2) is 23.0 Å². The molecule has 1 aromatic carbocycles. The summed E-state index contributed by atoms with van der Waals surface area (Å²) in [7, 11) is 1.62. The topological polar surface area (TPSA) is 64.1 Å². The van der Waals surface area contributed by atoms with Crippen LogP contribution in [0.5, 0.6) is 5.75 Å². The summed E-state index contributed by atoms with van der Waals surface area (Å²) in [5.74, 6) is 0.749. The summed E-state index contributed by atoms with van der Waals surface area (Å²) in [5, 5.41) is 5.71. The van der Waals surface area contributed by atoms with Crippen molar-refractivity contribution < 1.29 is 9.53 Å². The minimum Gasteiger partial charge on any atom is -0.497 e. The van der Waals surface area contributed by atoms with Gasteiger partial charge in [-0.2, -0.15) is 0 Å². The van der Waals surface area contributed by atoms with Crippen molar-refractivity contribution in [2.75, 3.05) is 7.11 Å². The number of carbonyl (C=O) groups excluding carboxylic acids is 1. The molecule has 0 aliphatic rings. The van der Waals surface area contributed by atoms with Crippen LogP contribution < -0.4 is 10.1 Å². The van der Waals surface area contributed by atoms with Gasteiger partial charge in [0.05, 0.1) is 31.5 Å². The Morgan fingerprint density at radius 2 is 2.00 bits per heavy atom. The van der Waals surface area contributed by atoms with Crippen LogP contribution in [0.1, 0.15) is 10.6 Å². The maximum absolute atomic E-state index is 12.0. The summed E-state index contributed by atoms with van der Waals surface area (Å²) in [5.41, 5.74) is 2.62. The zero-order valence-electron chi connectivity index (χ0n) is 13.2. The van der Waals surface area contributed by atoms with E-state index in [4.69, 9.17) is 4.74 Å². The van der Waals surface area contributed by atoms with E-state index < -0.39 is 0 Å². The molecule has 3 aromatic rings. The molecule has 24 heavy (non-hydrogen) atoms. The number of amides is 1. The number of rotatable bonds is 6. The average Bonchev–Trinajstić information content (AvgIpc) is 3.10. The minimum absolute atomic E-state index is 0.0326. The molecule has 5 nitrogen and oxygen atoms in total. The van der Waals surface area contributed by atoms with Crippen molar-refractivity contribution in [2.45, 2.75) is 13.0 Å². The Labute approximate surface area is 144 Å². The molecule has 2 aromatic heterocycles. The van der Waals surface area contributed by atoms with E-state index in [0.717, 1.165) is 27.7 Å². The first-order valence-electron chi connectivity index (χ1n) is 7.50. The van der Waals surface area contributed by atoms with Gasteiger partial charge in [0.25, 0.3) is 0 Å². The highest BCUT2D eigenvalue weighted by atomic mass is 32.1. The summed E-state index contributed by atoms with van der Waals surface area (Å²) in [6, 6.07) is 13.2. The van der Waals surface area contributed by atoms with Crippen molar-refractivity contribution in [1.29, 1.82) is 0 Å². The van der Waals surface area contributed by atoms with Gasteiger partial charge in [0.1, 0.15) is 10.8 Å². The van der Waals surface area contributed by atoms with Crippen LogP contribution in [0.3, 0.4) is 0 Å². The Kier molecular flexibility index (Phi) is 5.18. The molecule has 3 rings (SSSR count). The van der Waals surface area contributed by atoms with Crippen LogP contribution in [0.4, 0.5) is 0 Å². The van der Waals surface area contributed by atoms with Gasteiger partial charge < -0.3 is 10.1 Å².